The van der Waals surface area contributed by atoms with Gasteiger partial charge in [-0.25, -0.2) is 4.79 Å². The number of aryl methyl sites for hydroxylation is 1. The summed E-state index contributed by atoms with van der Waals surface area (Å²) in [6.07, 6.45) is 0. The van der Waals surface area contributed by atoms with Crippen LogP contribution in [0.4, 0.5) is 0 Å². The summed E-state index contributed by atoms with van der Waals surface area (Å²) in [6, 6.07) is 1.84. The van der Waals surface area contributed by atoms with E-state index in [0.29, 0.717) is 11.3 Å². The van der Waals surface area contributed by atoms with Crippen LogP contribution < -0.4 is 4.74 Å². The summed E-state index contributed by atoms with van der Waals surface area (Å²) in [7, 11) is 1.47. The number of methoxy groups -OCH3 is 1. The number of carbonyl (C=O) groups is 2. The van der Waals surface area contributed by atoms with E-state index in [1.807, 2.05) is 13.0 Å². The van der Waals surface area contributed by atoms with Crippen LogP contribution in [0, 0.1) is 13.8 Å². The van der Waals surface area contributed by atoms with E-state index in [4.69, 9.17) is 9.47 Å². The average molecular weight is 315 g/mol. The van der Waals surface area contributed by atoms with Gasteiger partial charge in [-0.05, 0) is 38.0 Å². The summed E-state index contributed by atoms with van der Waals surface area (Å²) >= 11 is 3.36. The topological polar surface area (TPSA) is 52.6 Å². The molecule has 1 aromatic carbocycles. The summed E-state index contributed by atoms with van der Waals surface area (Å²) in [5.41, 5.74) is 1.70. The first kappa shape index (κ1) is 14.7. The molecule has 18 heavy (non-hydrogen) atoms. The van der Waals surface area contributed by atoms with Crippen LogP contribution in [-0.4, -0.2) is 25.5 Å². The maximum Gasteiger partial charge on any atom is 0.379 e. The van der Waals surface area contributed by atoms with E-state index >= 15 is 0 Å². The lowest BCUT2D eigenvalue weighted by atomic mass is 10.00. The van der Waals surface area contributed by atoms with Crippen molar-refractivity contribution in [2.75, 3.05) is 13.7 Å². The number of ketones is 1. The standard InChI is InChI=1S/C13H15BrO4/c1-5-18-13(16)11(15)10-8(3)9(14)6-7(2)12(10)17-4/h6H,5H2,1-4H3. The zero-order chi connectivity index (χ0) is 13.9. The molecular weight excluding hydrogens is 300 g/mol. The Morgan fingerprint density at radius 2 is 1.94 bits per heavy atom. The molecule has 0 aromatic heterocycles. The second-order valence-corrected chi connectivity index (χ2v) is 4.61. The Kier molecular flexibility index (Phi) is 4.90. The Labute approximate surface area is 114 Å². The fraction of sp³-hybridized carbons (Fsp3) is 0.385. The third-order valence-corrected chi connectivity index (χ3v) is 3.38. The molecule has 0 spiro atoms. The van der Waals surface area contributed by atoms with Crippen molar-refractivity contribution in [1.82, 2.24) is 0 Å². The third kappa shape index (κ3) is 2.72. The van der Waals surface area contributed by atoms with Gasteiger partial charge < -0.3 is 9.47 Å². The molecule has 0 unspecified atom stereocenters. The van der Waals surface area contributed by atoms with E-state index < -0.39 is 11.8 Å². The van der Waals surface area contributed by atoms with Gasteiger partial charge in [-0.3, -0.25) is 4.79 Å². The highest BCUT2D eigenvalue weighted by atomic mass is 79.9. The molecule has 98 valence electrons. The van der Waals surface area contributed by atoms with E-state index in [1.54, 1.807) is 13.8 Å². The predicted molar refractivity (Wildman–Crippen MR) is 71.1 cm³/mol. The minimum absolute atomic E-state index is 0.166. The van der Waals surface area contributed by atoms with Crippen LogP contribution in [0.3, 0.4) is 0 Å². The molecule has 1 aromatic rings. The zero-order valence-electron chi connectivity index (χ0n) is 10.8. The summed E-state index contributed by atoms with van der Waals surface area (Å²) in [5, 5.41) is 0. The zero-order valence-corrected chi connectivity index (χ0v) is 12.4. The van der Waals surface area contributed by atoms with Crippen molar-refractivity contribution >= 4 is 27.7 Å². The number of esters is 1. The highest BCUT2D eigenvalue weighted by molar-refractivity contribution is 9.10. The SMILES string of the molecule is CCOC(=O)C(=O)c1c(C)c(Br)cc(C)c1OC. The lowest BCUT2D eigenvalue weighted by Crippen LogP contribution is -2.20. The van der Waals surface area contributed by atoms with Gasteiger partial charge in [-0.2, -0.15) is 0 Å². The lowest BCUT2D eigenvalue weighted by molar-refractivity contribution is -0.137. The van der Waals surface area contributed by atoms with Crippen LogP contribution in [0.5, 0.6) is 5.75 Å². The second-order valence-electron chi connectivity index (χ2n) is 3.76. The van der Waals surface area contributed by atoms with Gasteiger partial charge in [-0.1, -0.05) is 15.9 Å². The molecule has 0 saturated heterocycles. The number of hydrogen-bond donors (Lipinski definition) is 0. The lowest BCUT2D eigenvalue weighted by Gasteiger charge is -2.14. The number of Topliss-reactive ketones (excluding diaryl/α,β-unsaturated/α-hetero) is 1. The van der Waals surface area contributed by atoms with Crippen molar-refractivity contribution in [3.05, 3.63) is 27.2 Å². The molecule has 0 radical (unpaired) electrons. The molecule has 0 aliphatic rings. The monoisotopic (exact) mass is 314 g/mol. The summed E-state index contributed by atoms with van der Waals surface area (Å²) in [4.78, 5) is 23.6. The number of halogens is 1. The smallest absolute Gasteiger partial charge is 0.379 e. The largest absolute Gasteiger partial charge is 0.496 e. The first-order chi connectivity index (χ1) is 8.43. The Balaban J connectivity index is 3.38. The van der Waals surface area contributed by atoms with Gasteiger partial charge in [0.15, 0.2) is 0 Å². The molecular formula is C13H15BrO4. The molecule has 1 rings (SSSR count). The van der Waals surface area contributed by atoms with E-state index in [9.17, 15) is 9.59 Å². The van der Waals surface area contributed by atoms with Crippen LogP contribution in [0.1, 0.15) is 28.4 Å². The van der Waals surface area contributed by atoms with E-state index in [2.05, 4.69) is 15.9 Å². The molecule has 0 amide bonds. The number of benzene rings is 1. The molecule has 4 nitrogen and oxygen atoms in total. The number of carbonyl (C=O) groups excluding carboxylic acids is 2. The first-order valence-corrected chi connectivity index (χ1v) is 6.28. The summed E-state index contributed by atoms with van der Waals surface area (Å²) in [5.74, 6) is -1.14. The normalized spacial score (nSPS) is 10.1. The van der Waals surface area contributed by atoms with Gasteiger partial charge in [0.1, 0.15) is 5.75 Å². The highest BCUT2D eigenvalue weighted by Gasteiger charge is 2.26. The Bertz CT molecular complexity index is 494. The predicted octanol–water partition coefficient (Wildman–Crippen LogP) is 2.82. The fourth-order valence-electron chi connectivity index (χ4n) is 1.69. The van der Waals surface area contributed by atoms with Gasteiger partial charge in [0, 0.05) is 4.47 Å². The van der Waals surface area contributed by atoms with Crippen LogP contribution in [-0.2, 0) is 9.53 Å². The molecule has 0 N–H and O–H groups in total. The maximum absolute atomic E-state index is 12.1. The van der Waals surface area contributed by atoms with Crippen molar-refractivity contribution in [1.29, 1.82) is 0 Å². The first-order valence-electron chi connectivity index (χ1n) is 5.49. The van der Waals surface area contributed by atoms with Gasteiger partial charge in [0.05, 0.1) is 19.3 Å². The van der Waals surface area contributed by atoms with Crippen molar-refractivity contribution in [2.45, 2.75) is 20.8 Å². The third-order valence-electron chi connectivity index (χ3n) is 2.55. The van der Waals surface area contributed by atoms with Crippen molar-refractivity contribution in [3.8, 4) is 5.75 Å². The molecule has 0 aliphatic carbocycles. The molecule has 0 fully saturated rings. The van der Waals surface area contributed by atoms with Crippen LogP contribution in [0.2, 0.25) is 0 Å². The highest BCUT2D eigenvalue weighted by Crippen LogP contribution is 2.32. The van der Waals surface area contributed by atoms with Crippen LogP contribution in [0.25, 0.3) is 0 Å². The van der Waals surface area contributed by atoms with E-state index in [1.165, 1.54) is 7.11 Å². The summed E-state index contributed by atoms with van der Waals surface area (Å²) < 4.78 is 10.7. The molecule has 0 saturated carbocycles. The quantitative estimate of drug-likeness (QED) is 0.487. The van der Waals surface area contributed by atoms with E-state index in [0.717, 1.165) is 10.0 Å². The van der Waals surface area contributed by atoms with Crippen LogP contribution in [0.15, 0.2) is 10.5 Å². The van der Waals surface area contributed by atoms with Gasteiger partial charge in [0.25, 0.3) is 5.78 Å². The fourth-order valence-corrected chi connectivity index (χ4v) is 2.23. The maximum atomic E-state index is 12.1. The van der Waals surface area contributed by atoms with Gasteiger partial charge >= 0.3 is 5.97 Å². The Morgan fingerprint density at radius 3 is 2.44 bits per heavy atom. The number of ether oxygens (including phenoxy) is 2. The van der Waals surface area contributed by atoms with Crippen molar-refractivity contribution < 1.29 is 19.1 Å². The summed E-state index contributed by atoms with van der Waals surface area (Å²) in [6.45, 7) is 5.38. The Hall–Kier alpha value is -1.36. The molecule has 0 heterocycles. The molecule has 0 atom stereocenters. The van der Waals surface area contributed by atoms with Crippen molar-refractivity contribution in [2.24, 2.45) is 0 Å². The van der Waals surface area contributed by atoms with Gasteiger partial charge in [0.2, 0.25) is 0 Å². The minimum atomic E-state index is -0.864. The second kappa shape index (κ2) is 6.00. The van der Waals surface area contributed by atoms with Gasteiger partial charge in [-0.15, -0.1) is 0 Å². The number of rotatable bonds is 4. The van der Waals surface area contributed by atoms with Crippen LogP contribution >= 0.6 is 15.9 Å². The van der Waals surface area contributed by atoms with Crippen molar-refractivity contribution in [3.63, 3.8) is 0 Å². The molecule has 0 bridgehead atoms. The minimum Gasteiger partial charge on any atom is -0.496 e. The molecule has 5 heteroatoms. The average Bonchev–Trinajstić information content (AvgIpc) is 2.32. The Morgan fingerprint density at radius 1 is 1.33 bits per heavy atom. The molecule has 0 aliphatic heterocycles. The number of hydrogen-bond acceptors (Lipinski definition) is 4. The van der Waals surface area contributed by atoms with E-state index in [-0.39, 0.29) is 12.2 Å².